The summed E-state index contributed by atoms with van der Waals surface area (Å²) in [4.78, 5) is 9.99. The summed E-state index contributed by atoms with van der Waals surface area (Å²) in [5.74, 6) is -1.06. The Kier molecular flexibility index (Phi) is 8.25. The summed E-state index contributed by atoms with van der Waals surface area (Å²) in [6, 6.07) is 8.00. The first-order valence-electron chi connectivity index (χ1n) is 9.24. The van der Waals surface area contributed by atoms with Gasteiger partial charge >= 0.3 is 0 Å². The normalized spacial score (nSPS) is 12.0. The van der Waals surface area contributed by atoms with Crippen molar-refractivity contribution in [1.29, 1.82) is 0 Å². The van der Waals surface area contributed by atoms with E-state index in [0.29, 0.717) is 16.8 Å². The quantitative estimate of drug-likeness (QED) is 0.225. The molecule has 0 spiro atoms. The van der Waals surface area contributed by atoms with E-state index in [-0.39, 0.29) is 51.9 Å². The Hall–Kier alpha value is -2.39. The van der Waals surface area contributed by atoms with Crippen molar-refractivity contribution in [3.05, 3.63) is 47.5 Å². The van der Waals surface area contributed by atoms with Crippen molar-refractivity contribution in [2.75, 3.05) is 5.32 Å². The van der Waals surface area contributed by atoms with Crippen LogP contribution in [0.5, 0.6) is 5.75 Å². The van der Waals surface area contributed by atoms with Gasteiger partial charge in [0.1, 0.15) is 21.2 Å². The number of carbonyl (C=O) groups is 1. The fraction of sp³-hybridized carbons (Fsp3) is 0.150. The molecule has 0 unspecified atom stereocenters. The van der Waals surface area contributed by atoms with Crippen molar-refractivity contribution in [2.45, 2.75) is 30.6 Å². The molecule has 3 aromatic carbocycles. The molecule has 0 aromatic heterocycles. The number of nitrogens with zero attached hydrogens (tertiary/aromatic N) is 2. The van der Waals surface area contributed by atoms with Gasteiger partial charge in [-0.15, -0.1) is 10.2 Å². The van der Waals surface area contributed by atoms with Crippen molar-refractivity contribution < 1.29 is 35.8 Å². The van der Waals surface area contributed by atoms with Crippen LogP contribution < -0.4 is 5.32 Å². The molecular weight excluding hydrogens is 497 g/mol. The number of nitrogens with one attached hydrogen (secondary N) is 1. The summed E-state index contributed by atoms with van der Waals surface area (Å²) < 4.78 is 66.7. The molecule has 0 saturated carbocycles. The minimum Gasteiger partial charge on any atom is -0.505 e. The topological polar surface area (TPSA) is 183 Å². The Balaban J connectivity index is 0.00000408. The van der Waals surface area contributed by atoms with Crippen LogP contribution in [0.25, 0.3) is 10.8 Å². The fourth-order valence-corrected chi connectivity index (χ4v) is 4.70. The van der Waals surface area contributed by atoms with E-state index in [2.05, 4.69) is 15.5 Å². The molecule has 0 bridgehead atoms. The van der Waals surface area contributed by atoms with E-state index >= 15 is 0 Å². The SMILES string of the molecule is CC(=O)Nc1ccc2cc(S(=O)(=O)O)c(N=Nc3c(C)cc(C)cc3S(=O)(=O)O)c(O)c2c1.[Na]. The van der Waals surface area contributed by atoms with Gasteiger partial charge in [0.2, 0.25) is 5.91 Å². The maximum absolute atomic E-state index is 12.0. The molecule has 11 nitrogen and oxygen atoms in total. The van der Waals surface area contributed by atoms with Crippen molar-refractivity contribution in [1.82, 2.24) is 0 Å². The van der Waals surface area contributed by atoms with E-state index in [1.807, 2.05) is 0 Å². The summed E-state index contributed by atoms with van der Waals surface area (Å²) in [7, 11) is -9.59. The van der Waals surface area contributed by atoms with Gasteiger partial charge in [-0.05, 0) is 54.6 Å². The van der Waals surface area contributed by atoms with Crippen molar-refractivity contribution in [2.24, 2.45) is 10.2 Å². The number of phenolic OH excluding ortho intramolecular Hbond substituents is 1. The zero-order valence-electron chi connectivity index (χ0n) is 18.6. The van der Waals surface area contributed by atoms with Crippen LogP contribution in [0.3, 0.4) is 0 Å². The second-order valence-electron chi connectivity index (χ2n) is 7.27. The van der Waals surface area contributed by atoms with E-state index in [0.717, 1.165) is 12.1 Å². The Bertz CT molecular complexity index is 1550. The van der Waals surface area contributed by atoms with E-state index in [4.69, 9.17) is 0 Å². The maximum Gasteiger partial charge on any atom is 0.296 e. The van der Waals surface area contributed by atoms with E-state index in [1.54, 1.807) is 13.0 Å². The third-order valence-electron chi connectivity index (χ3n) is 4.59. The molecule has 0 aliphatic carbocycles. The summed E-state index contributed by atoms with van der Waals surface area (Å²) in [6.45, 7) is 4.38. The number of fused-ring (bicyclic) bond motifs is 1. The van der Waals surface area contributed by atoms with Gasteiger partial charge in [0, 0.05) is 47.6 Å². The third-order valence-corrected chi connectivity index (χ3v) is 6.32. The van der Waals surface area contributed by atoms with Gasteiger partial charge in [0.05, 0.1) is 0 Å². The van der Waals surface area contributed by atoms with Crippen molar-refractivity contribution in [3.8, 4) is 5.75 Å². The molecule has 1 amide bonds. The van der Waals surface area contributed by atoms with Crippen LogP contribution in [0.15, 0.2) is 56.4 Å². The fourth-order valence-electron chi connectivity index (χ4n) is 3.26. The zero-order chi connectivity index (χ0) is 24.7. The Labute approximate surface area is 217 Å². The van der Waals surface area contributed by atoms with Crippen LogP contribution >= 0.6 is 0 Å². The number of aromatic hydroxyl groups is 1. The van der Waals surface area contributed by atoms with Gasteiger partial charge in [-0.2, -0.15) is 16.8 Å². The number of hydrogen-bond donors (Lipinski definition) is 4. The molecule has 0 aliphatic rings. The van der Waals surface area contributed by atoms with Gasteiger partial charge in [-0.1, -0.05) is 12.1 Å². The predicted molar refractivity (Wildman–Crippen MR) is 125 cm³/mol. The van der Waals surface area contributed by atoms with Gasteiger partial charge in [0.15, 0.2) is 5.75 Å². The number of hydrogen-bond acceptors (Lipinski definition) is 8. The van der Waals surface area contributed by atoms with Crippen LogP contribution in [0.2, 0.25) is 0 Å². The molecule has 0 fully saturated rings. The number of anilines is 1. The molecule has 0 atom stereocenters. The minimum atomic E-state index is -4.89. The van der Waals surface area contributed by atoms with E-state index in [1.165, 1.54) is 32.0 Å². The average Bonchev–Trinajstić information content (AvgIpc) is 2.66. The van der Waals surface area contributed by atoms with Gasteiger partial charge < -0.3 is 10.4 Å². The Morgan fingerprint density at radius 1 is 0.882 bits per heavy atom. The molecule has 0 aliphatic heterocycles. The first-order chi connectivity index (χ1) is 15.2. The molecule has 14 heteroatoms. The number of rotatable bonds is 5. The Morgan fingerprint density at radius 3 is 2.00 bits per heavy atom. The monoisotopic (exact) mass is 516 g/mol. The molecule has 3 rings (SSSR count). The average molecular weight is 517 g/mol. The first-order valence-corrected chi connectivity index (χ1v) is 12.1. The van der Waals surface area contributed by atoms with Crippen molar-refractivity contribution in [3.63, 3.8) is 0 Å². The number of phenols is 1. The van der Waals surface area contributed by atoms with E-state index in [9.17, 15) is 35.8 Å². The van der Waals surface area contributed by atoms with Crippen molar-refractivity contribution >= 4 is 83.5 Å². The largest absolute Gasteiger partial charge is 0.505 e. The van der Waals surface area contributed by atoms with Crippen LogP contribution in [0.4, 0.5) is 17.1 Å². The Morgan fingerprint density at radius 2 is 1.44 bits per heavy atom. The summed E-state index contributed by atoms with van der Waals surface area (Å²) in [5.41, 5.74) is 0.169. The standard InChI is InChI=1S/C20H19N3O8S2.Na/c1-10-6-11(2)18(16(7-10)32(26,27)28)22-23-19-17(33(29,30)31)8-13-4-5-14(21-12(3)24)9-15(13)20(19)25;/h4-9,25H,1-3H3,(H,21,24)(H,26,27,28)(H,29,30,31);. The molecule has 175 valence electrons. The smallest absolute Gasteiger partial charge is 0.296 e. The molecular formula is C20H19N3NaO8S2. The maximum atomic E-state index is 12.0. The molecule has 4 N–H and O–H groups in total. The minimum absolute atomic E-state index is 0. The number of aryl methyl sites for hydroxylation is 2. The molecule has 0 heterocycles. The molecule has 34 heavy (non-hydrogen) atoms. The molecule has 0 saturated heterocycles. The second kappa shape index (κ2) is 10.1. The summed E-state index contributed by atoms with van der Waals surface area (Å²) in [6.07, 6.45) is 0. The number of benzene rings is 3. The van der Waals surface area contributed by atoms with Crippen LogP contribution in [-0.2, 0) is 25.0 Å². The summed E-state index contributed by atoms with van der Waals surface area (Å²) >= 11 is 0. The second-order valence-corrected chi connectivity index (χ2v) is 10.0. The zero-order valence-corrected chi connectivity index (χ0v) is 22.2. The van der Waals surface area contributed by atoms with Crippen LogP contribution in [0, 0.1) is 13.8 Å². The number of amides is 1. The van der Waals surface area contributed by atoms with Crippen LogP contribution in [0.1, 0.15) is 18.1 Å². The van der Waals surface area contributed by atoms with Gasteiger partial charge in [-0.25, -0.2) is 0 Å². The molecule has 1 radical (unpaired) electrons. The molecule has 3 aromatic rings. The van der Waals surface area contributed by atoms with Crippen LogP contribution in [-0.4, -0.2) is 66.5 Å². The van der Waals surface area contributed by atoms with E-state index < -0.39 is 41.5 Å². The number of carbonyl (C=O) groups excluding carboxylic acids is 1. The predicted octanol–water partition coefficient (Wildman–Crippen LogP) is 3.65. The third kappa shape index (κ3) is 5.99. The summed E-state index contributed by atoms with van der Waals surface area (Å²) in [5, 5.41) is 21.1. The van der Waals surface area contributed by atoms with Gasteiger partial charge in [0.25, 0.3) is 20.2 Å². The van der Waals surface area contributed by atoms with Gasteiger partial charge in [-0.3, -0.25) is 13.9 Å². The first kappa shape index (κ1) is 27.9. The number of azo groups is 1.